The summed E-state index contributed by atoms with van der Waals surface area (Å²) in [6.07, 6.45) is 8.13. The third-order valence-electron chi connectivity index (χ3n) is 5.29. The highest BCUT2D eigenvalue weighted by atomic mass is 16.2. The van der Waals surface area contributed by atoms with Gasteiger partial charge in [0.1, 0.15) is 11.8 Å². The van der Waals surface area contributed by atoms with Gasteiger partial charge in [0.25, 0.3) is 0 Å². The quantitative estimate of drug-likeness (QED) is 0.433. The molecule has 26 heavy (non-hydrogen) atoms. The van der Waals surface area contributed by atoms with Crippen LogP contribution in [0.3, 0.4) is 0 Å². The Hall–Kier alpha value is -1.43. The Bertz CT molecular complexity index is 459. The fraction of sp³-hybridized carbons (Fsp3) is 0.850. The molecule has 6 heteroatoms. The van der Waals surface area contributed by atoms with Crippen LogP contribution in [-0.2, 0) is 14.4 Å². The third kappa shape index (κ3) is 8.30. The number of carbonyl (C=O) groups excluding carboxylic acids is 3. The lowest BCUT2D eigenvalue weighted by Gasteiger charge is -2.22. The van der Waals surface area contributed by atoms with Gasteiger partial charge in [-0.1, -0.05) is 33.1 Å². The molecule has 1 saturated carbocycles. The van der Waals surface area contributed by atoms with Crippen molar-refractivity contribution in [3.05, 3.63) is 0 Å². The van der Waals surface area contributed by atoms with E-state index in [-0.39, 0.29) is 29.4 Å². The third-order valence-corrected chi connectivity index (χ3v) is 5.29. The Morgan fingerprint density at radius 2 is 1.73 bits per heavy atom. The van der Waals surface area contributed by atoms with Crippen molar-refractivity contribution in [1.82, 2.24) is 5.32 Å². The van der Waals surface area contributed by atoms with Crippen LogP contribution < -0.4 is 16.8 Å². The van der Waals surface area contributed by atoms with Crippen LogP contribution in [0, 0.1) is 17.8 Å². The predicted octanol–water partition coefficient (Wildman–Crippen LogP) is 2.29. The van der Waals surface area contributed by atoms with Crippen LogP contribution in [0.15, 0.2) is 0 Å². The summed E-state index contributed by atoms with van der Waals surface area (Å²) in [5, 5.41) is 2.81. The number of rotatable bonds is 13. The molecule has 0 aromatic rings. The summed E-state index contributed by atoms with van der Waals surface area (Å²) in [6.45, 7) is 4.56. The predicted molar refractivity (Wildman–Crippen MR) is 103 cm³/mol. The molecule has 0 unspecified atom stereocenters. The molecular formula is C20H37N3O3. The Kier molecular flexibility index (Phi) is 10.5. The maximum Gasteiger partial charge on any atom is 0.240 e. The van der Waals surface area contributed by atoms with Crippen LogP contribution >= 0.6 is 0 Å². The van der Waals surface area contributed by atoms with Crippen molar-refractivity contribution >= 4 is 17.6 Å². The zero-order valence-electron chi connectivity index (χ0n) is 16.5. The molecule has 2 atom stereocenters. The van der Waals surface area contributed by atoms with Gasteiger partial charge in [-0.15, -0.1) is 0 Å². The number of hydrogen-bond acceptors (Lipinski definition) is 4. The summed E-state index contributed by atoms with van der Waals surface area (Å²) >= 11 is 0. The molecule has 1 fully saturated rings. The van der Waals surface area contributed by atoms with E-state index in [4.69, 9.17) is 11.5 Å². The summed E-state index contributed by atoms with van der Waals surface area (Å²) in [5.74, 6) is -0.205. The first-order valence-electron chi connectivity index (χ1n) is 10.2. The minimum Gasteiger partial charge on any atom is -0.368 e. The van der Waals surface area contributed by atoms with E-state index in [1.807, 2.05) is 13.8 Å². The first-order valence-corrected chi connectivity index (χ1v) is 10.2. The van der Waals surface area contributed by atoms with Crippen molar-refractivity contribution in [2.45, 2.75) is 84.1 Å². The Labute approximate surface area is 157 Å². The van der Waals surface area contributed by atoms with E-state index in [1.165, 1.54) is 0 Å². The van der Waals surface area contributed by atoms with Crippen LogP contribution in [0.1, 0.15) is 78.1 Å². The van der Waals surface area contributed by atoms with Crippen molar-refractivity contribution in [1.29, 1.82) is 0 Å². The van der Waals surface area contributed by atoms with Gasteiger partial charge in [-0.2, -0.15) is 0 Å². The number of amides is 2. The van der Waals surface area contributed by atoms with Crippen molar-refractivity contribution < 1.29 is 14.4 Å². The summed E-state index contributed by atoms with van der Waals surface area (Å²) in [7, 11) is 0. The second-order valence-electron chi connectivity index (χ2n) is 8.06. The Morgan fingerprint density at radius 1 is 1.08 bits per heavy atom. The van der Waals surface area contributed by atoms with Gasteiger partial charge in [-0.25, -0.2) is 0 Å². The van der Waals surface area contributed by atoms with Crippen LogP contribution in [0.4, 0.5) is 0 Å². The fourth-order valence-corrected chi connectivity index (χ4v) is 3.72. The molecule has 0 radical (unpaired) electrons. The second-order valence-corrected chi connectivity index (χ2v) is 8.06. The zero-order chi connectivity index (χ0) is 19.5. The Morgan fingerprint density at radius 3 is 2.27 bits per heavy atom. The number of hydrogen-bond donors (Lipinski definition) is 3. The topological polar surface area (TPSA) is 115 Å². The number of primary amides is 1. The number of carbonyl (C=O) groups is 3. The van der Waals surface area contributed by atoms with Crippen molar-refractivity contribution in [2.75, 3.05) is 6.54 Å². The van der Waals surface area contributed by atoms with Gasteiger partial charge in [0, 0.05) is 18.3 Å². The number of ketones is 1. The molecule has 0 bridgehead atoms. The van der Waals surface area contributed by atoms with E-state index >= 15 is 0 Å². The minimum absolute atomic E-state index is 0.161. The lowest BCUT2D eigenvalue weighted by molar-refractivity contribution is -0.131. The molecule has 0 aliphatic heterocycles. The van der Waals surface area contributed by atoms with E-state index in [0.29, 0.717) is 32.2 Å². The van der Waals surface area contributed by atoms with Gasteiger partial charge in [0.15, 0.2) is 0 Å². The van der Waals surface area contributed by atoms with E-state index in [1.54, 1.807) is 0 Å². The van der Waals surface area contributed by atoms with Gasteiger partial charge in [0.2, 0.25) is 11.8 Å². The second kappa shape index (κ2) is 12.0. The summed E-state index contributed by atoms with van der Waals surface area (Å²) in [5.41, 5.74) is 11.0. The van der Waals surface area contributed by atoms with Crippen molar-refractivity contribution in [3.8, 4) is 0 Å². The van der Waals surface area contributed by atoms with Crippen LogP contribution in [0.25, 0.3) is 0 Å². The maximum atomic E-state index is 12.7. The molecule has 0 saturated heterocycles. The molecule has 5 N–H and O–H groups in total. The van der Waals surface area contributed by atoms with Gasteiger partial charge < -0.3 is 16.8 Å². The highest BCUT2D eigenvalue weighted by Crippen LogP contribution is 2.28. The molecule has 1 rings (SSSR count). The molecule has 0 spiro atoms. The molecule has 2 amide bonds. The molecule has 6 nitrogen and oxygen atoms in total. The fourth-order valence-electron chi connectivity index (χ4n) is 3.72. The van der Waals surface area contributed by atoms with Crippen molar-refractivity contribution in [2.24, 2.45) is 29.2 Å². The number of nitrogens with two attached hydrogens (primary N) is 2. The smallest absolute Gasteiger partial charge is 0.240 e. The first kappa shape index (κ1) is 22.6. The standard InChI is InChI=1S/C20H37N3O3/c1-14(2)13-17(19(22)25)23-20(26)16(9-5-6-12-21)10-11-18(24)15-7-3-4-8-15/h14-17H,3-13,21H2,1-2H3,(H2,22,25)(H,23,26)/t16-,17+/m1/s1. The van der Waals surface area contributed by atoms with Crippen molar-refractivity contribution in [3.63, 3.8) is 0 Å². The van der Waals surface area contributed by atoms with Gasteiger partial charge in [-0.05, 0) is 51.0 Å². The molecule has 1 aliphatic carbocycles. The van der Waals surface area contributed by atoms with Crippen LogP contribution in [0.5, 0.6) is 0 Å². The van der Waals surface area contributed by atoms with Gasteiger partial charge in [0.05, 0.1) is 0 Å². The molecule has 0 heterocycles. The molecular weight excluding hydrogens is 330 g/mol. The van der Waals surface area contributed by atoms with Crippen LogP contribution in [-0.4, -0.2) is 30.2 Å². The highest BCUT2D eigenvalue weighted by Gasteiger charge is 2.27. The van der Waals surface area contributed by atoms with E-state index in [9.17, 15) is 14.4 Å². The lowest BCUT2D eigenvalue weighted by atomic mass is 9.90. The molecule has 0 aromatic carbocycles. The Balaban J connectivity index is 2.62. The van der Waals surface area contributed by atoms with Gasteiger partial charge in [-0.3, -0.25) is 14.4 Å². The number of Topliss-reactive ketones (excluding diaryl/α,β-unsaturated/α-hetero) is 1. The molecule has 0 aromatic heterocycles. The van der Waals surface area contributed by atoms with Crippen LogP contribution in [0.2, 0.25) is 0 Å². The van der Waals surface area contributed by atoms with E-state index in [0.717, 1.165) is 38.5 Å². The molecule has 150 valence electrons. The average Bonchev–Trinajstić information content (AvgIpc) is 3.11. The number of unbranched alkanes of at least 4 members (excludes halogenated alkanes) is 1. The monoisotopic (exact) mass is 367 g/mol. The average molecular weight is 368 g/mol. The summed E-state index contributed by atoms with van der Waals surface area (Å²) < 4.78 is 0. The molecule has 1 aliphatic rings. The normalized spacial score (nSPS) is 17.2. The number of nitrogens with one attached hydrogen (secondary N) is 1. The summed E-state index contributed by atoms with van der Waals surface area (Å²) in [6, 6.07) is -0.648. The minimum atomic E-state index is -0.648. The first-order chi connectivity index (χ1) is 12.3. The van der Waals surface area contributed by atoms with E-state index in [2.05, 4.69) is 5.32 Å². The lowest BCUT2D eigenvalue weighted by Crippen LogP contribution is -2.47. The SMILES string of the molecule is CC(C)C[C@H](NC(=O)[C@H](CCCCN)CCC(=O)C1CCCC1)C(N)=O. The highest BCUT2D eigenvalue weighted by molar-refractivity contribution is 5.88. The van der Waals surface area contributed by atoms with Gasteiger partial charge >= 0.3 is 0 Å². The largest absolute Gasteiger partial charge is 0.368 e. The zero-order valence-corrected chi connectivity index (χ0v) is 16.5. The summed E-state index contributed by atoms with van der Waals surface area (Å²) in [4.78, 5) is 36.7. The van der Waals surface area contributed by atoms with E-state index < -0.39 is 11.9 Å². The maximum absolute atomic E-state index is 12.7.